The van der Waals surface area contributed by atoms with E-state index < -0.39 is 5.72 Å². The second-order valence-corrected chi connectivity index (χ2v) is 6.67. The van der Waals surface area contributed by atoms with Gasteiger partial charge in [-0.05, 0) is 50.2 Å². The molecule has 22 heavy (non-hydrogen) atoms. The van der Waals surface area contributed by atoms with E-state index in [0.29, 0.717) is 22.8 Å². The van der Waals surface area contributed by atoms with Crippen LogP contribution >= 0.6 is 0 Å². The Balaban J connectivity index is 1.48. The number of fused-ring (bicyclic) bond motifs is 3. The molecule has 0 radical (unpaired) electrons. The lowest BCUT2D eigenvalue weighted by Gasteiger charge is -2.47. The molecule has 3 aliphatic carbocycles. The van der Waals surface area contributed by atoms with E-state index in [0.717, 1.165) is 19.3 Å². The molecule has 1 atom stereocenters. The Morgan fingerprint density at radius 2 is 2.00 bits per heavy atom. The molecule has 6 heteroatoms. The molecule has 4 fully saturated rings. The van der Waals surface area contributed by atoms with Crippen LogP contribution in [0.1, 0.15) is 32.1 Å². The Labute approximate surface area is 127 Å². The zero-order valence-corrected chi connectivity index (χ0v) is 12.1. The number of benzene rings is 1. The summed E-state index contributed by atoms with van der Waals surface area (Å²) in [7, 11) is 0. The Morgan fingerprint density at radius 1 is 1.18 bits per heavy atom. The van der Waals surface area contributed by atoms with Crippen LogP contribution in [0, 0.1) is 17.7 Å². The number of anilines is 1. The molecular weight excluding hydrogens is 285 g/mol. The average Bonchev–Trinajstić information content (AvgIpc) is 3.11. The van der Waals surface area contributed by atoms with E-state index in [2.05, 4.69) is 11.0 Å². The van der Waals surface area contributed by atoms with Crippen molar-refractivity contribution in [1.29, 1.82) is 0 Å². The monoisotopic (exact) mass is 303 g/mol. The van der Waals surface area contributed by atoms with E-state index in [4.69, 9.17) is 9.25 Å². The van der Waals surface area contributed by atoms with E-state index in [-0.39, 0.29) is 11.7 Å². The molecule has 3 saturated carbocycles. The largest absolute Gasteiger partial charge is 0.435 e. The standard InChI is InChI=1S/C16H18FN3O2/c17-14-12-3-1-2-4-13(12)21-15(14)20-18-16(22-19-20)9-10-5-7-11(16)8-6-10/h1-4,10-11,18-19H,5-9H2/t10?,11?,16-/m1/s1. The molecular formula is C16H18FN3O2. The van der Waals surface area contributed by atoms with Crippen LogP contribution in [0.2, 0.25) is 0 Å². The highest BCUT2D eigenvalue weighted by molar-refractivity contribution is 5.81. The summed E-state index contributed by atoms with van der Waals surface area (Å²) < 4.78 is 20.2. The summed E-state index contributed by atoms with van der Waals surface area (Å²) in [6, 6.07) is 7.11. The molecule has 2 bridgehead atoms. The Hall–Kier alpha value is -1.63. The first-order chi connectivity index (χ1) is 10.8. The van der Waals surface area contributed by atoms with Gasteiger partial charge in [0.15, 0.2) is 11.5 Å². The van der Waals surface area contributed by atoms with Gasteiger partial charge in [0.1, 0.15) is 5.58 Å². The van der Waals surface area contributed by atoms with Gasteiger partial charge in [0, 0.05) is 5.92 Å². The summed E-state index contributed by atoms with van der Waals surface area (Å²) >= 11 is 0. The van der Waals surface area contributed by atoms with Crippen LogP contribution in [0.15, 0.2) is 28.7 Å². The highest BCUT2D eigenvalue weighted by Crippen LogP contribution is 2.49. The van der Waals surface area contributed by atoms with Gasteiger partial charge in [-0.1, -0.05) is 17.7 Å². The van der Waals surface area contributed by atoms with Gasteiger partial charge in [0.2, 0.25) is 0 Å². The van der Waals surface area contributed by atoms with Crippen LogP contribution in [-0.4, -0.2) is 5.72 Å². The minimum Gasteiger partial charge on any atom is -0.435 e. The van der Waals surface area contributed by atoms with Crippen molar-refractivity contribution in [3.8, 4) is 0 Å². The van der Waals surface area contributed by atoms with E-state index in [9.17, 15) is 4.39 Å². The number of furan rings is 1. The number of hydrogen-bond acceptors (Lipinski definition) is 5. The molecule has 2 N–H and O–H groups in total. The van der Waals surface area contributed by atoms with Crippen molar-refractivity contribution in [3.63, 3.8) is 0 Å². The lowest BCUT2D eigenvalue weighted by Crippen LogP contribution is -2.57. The summed E-state index contributed by atoms with van der Waals surface area (Å²) in [4.78, 5) is 5.87. The fraction of sp³-hybridized carbons (Fsp3) is 0.500. The average molecular weight is 303 g/mol. The third-order valence-electron chi connectivity index (χ3n) is 5.44. The predicted octanol–water partition coefficient (Wildman–Crippen LogP) is 3.24. The summed E-state index contributed by atoms with van der Waals surface area (Å²) in [5.41, 5.74) is 6.24. The van der Waals surface area contributed by atoms with E-state index in [1.54, 1.807) is 18.2 Å². The molecule has 4 aliphatic rings. The molecule has 2 heterocycles. The number of hydrogen-bond donors (Lipinski definition) is 2. The summed E-state index contributed by atoms with van der Waals surface area (Å²) in [6.45, 7) is 0. The number of rotatable bonds is 1. The molecule has 0 unspecified atom stereocenters. The van der Waals surface area contributed by atoms with Crippen molar-refractivity contribution in [2.75, 3.05) is 5.12 Å². The highest BCUT2D eigenvalue weighted by atomic mass is 19.1. The second-order valence-electron chi connectivity index (χ2n) is 6.67. The van der Waals surface area contributed by atoms with Gasteiger partial charge < -0.3 is 4.42 Å². The van der Waals surface area contributed by atoms with Gasteiger partial charge in [0.25, 0.3) is 5.88 Å². The van der Waals surface area contributed by atoms with Crippen molar-refractivity contribution in [2.24, 2.45) is 11.8 Å². The number of nitrogens with zero attached hydrogens (tertiary/aromatic N) is 1. The second kappa shape index (κ2) is 4.44. The van der Waals surface area contributed by atoms with Crippen molar-refractivity contribution in [3.05, 3.63) is 30.1 Å². The molecule has 1 aromatic carbocycles. The Kier molecular flexibility index (Phi) is 2.60. The van der Waals surface area contributed by atoms with Gasteiger partial charge in [-0.2, -0.15) is 10.5 Å². The van der Waals surface area contributed by atoms with E-state index >= 15 is 0 Å². The lowest BCUT2D eigenvalue weighted by atomic mass is 9.66. The quantitative estimate of drug-likeness (QED) is 0.847. The van der Waals surface area contributed by atoms with Crippen molar-refractivity contribution >= 4 is 16.9 Å². The molecule has 1 saturated heterocycles. The molecule has 0 amide bonds. The van der Waals surface area contributed by atoms with Gasteiger partial charge in [0.05, 0.1) is 5.39 Å². The summed E-state index contributed by atoms with van der Waals surface area (Å²) in [5.74, 6) is 0.902. The lowest BCUT2D eigenvalue weighted by molar-refractivity contribution is -0.153. The Bertz CT molecular complexity index is 725. The number of para-hydroxylation sites is 1. The van der Waals surface area contributed by atoms with Gasteiger partial charge in [-0.15, -0.1) is 0 Å². The third kappa shape index (κ3) is 1.68. The van der Waals surface area contributed by atoms with Crippen LogP contribution in [0.25, 0.3) is 11.0 Å². The maximum atomic E-state index is 14.6. The van der Waals surface area contributed by atoms with Crippen molar-refractivity contribution < 1.29 is 13.6 Å². The number of hydrazine groups is 2. The van der Waals surface area contributed by atoms with Crippen LogP contribution in [0.3, 0.4) is 0 Å². The molecule has 1 spiro atoms. The fourth-order valence-electron chi connectivity index (χ4n) is 4.29. The molecule has 116 valence electrons. The van der Waals surface area contributed by atoms with Crippen LogP contribution in [0.5, 0.6) is 0 Å². The first-order valence-electron chi connectivity index (χ1n) is 7.94. The van der Waals surface area contributed by atoms with Crippen molar-refractivity contribution in [1.82, 2.24) is 11.0 Å². The molecule has 6 rings (SSSR count). The van der Waals surface area contributed by atoms with E-state index in [1.807, 2.05) is 6.07 Å². The Morgan fingerprint density at radius 3 is 2.73 bits per heavy atom. The molecule has 5 nitrogen and oxygen atoms in total. The normalized spacial score (nSPS) is 34.1. The number of nitrogens with one attached hydrogen (secondary N) is 2. The first-order valence-corrected chi connectivity index (χ1v) is 7.94. The van der Waals surface area contributed by atoms with Crippen LogP contribution < -0.4 is 16.1 Å². The minimum atomic E-state index is -0.424. The summed E-state index contributed by atoms with van der Waals surface area (Å²) in [6.07, 6.45) is 5.83. The maximum absolute atomic E-state index is 14.6. The summed E-state index contributed by atoms with van der Waals surface area (Å²) in [5, 5.41) is 1.93. The van der Waals surface area contributed by atoms with E-state index in [1.165, 1.54) is 18.0 Å². The first kappa shape index (κ1) is 12.9. The smallest absolute Gasteiger partial charge is 0.264 e. The molecule has 2 aromatic rings. The van der Waals surface area contributed by atoms with Crippen molar-refractivity contribution in [2.45, 2.75) is 37.8 Å². The topological polar surface area (TPSA) is 49.7 Å². The zero-order valence-electron chi connectivity index (χ0n) is 12.1. The van der Waals surface area contributed by atoms with Gasteiger partial charge in [-0.25, -0.2) is 4.39 Å². The molecule has 1 aromatic heterocycles. The third-order valence-corrected chi connectivity index (χ3v) is 5.44. The minimum absolute atomic E-state index is 0.125. The number of halogens is 1. The maximum Gasteiger partial charge on any atom is 0.264 e. The van der Waals surface area contributed by atoms with Crippen LogP contribution in [0.4, 0.5) is 10.3 Å². The zero-order chi connectivity index (χ0) is 14.7. The molecule has 1 aliphatic heterocycles. The predicted molar refractivity (Wildman–Crippen MR) is 78.8 cm³/mol. The van der Waals surface area contributed by atoms with Gasteiger partial charge >= 0.3 is 0 Å². The highest BCUT2D eigenvalue weighted by Gasteiger charge is 2.53. The SMILES string of the molecule is Fc1c(N2NO[C@@]3(CC4CCC3CC4)N2)oc2ccccc12. The van der Waals surface area contributed by atoms with Gasteiger partial charge in [-0.3, -0.25) is 4.84 Å². The van der Waals surface area contributed by atoms with Crippen LogP contribution in [-0.2, 0) is 4.84 Å². The fourth-order valence-corrected chi connectivity index (χ4v) is 4.29.